The van der Waals surface area contributed by atoms with Crippen LogP contribution in [0.2, 0.25) is 0 Å². The summed E-state index contributed by atoms with van der Waals surface area (Å²) in [5.74, 6) is 1.31. The zero-order valence-corrected chi connectivity index (χ0v) is 14.5. The van der Waals surface area contributed by atoms with Gasteiger partial charge in [0.2, 0.25) is 11.8 Å². The molecule has 2 fully saturated rings. The largest absolute Gasteiger partial charge is 0.339 e. The van der Waals surface area contributed by atoms with Gasteiger partial charge in [-0.1, -0.05) is 39.7 Å². The minimum Gasteiger partial charge on any atom is -0.339 e. The summed E-state index contributed by atoms with van der Waals surface area (Å²) < 4.78 is 0. The van der Waals surface area contributed by atoms with E-state index in [0.29, 0.717) is 38.0 Å². The van der Waals surface area contributed by atoms with Crippen LogP contribution in [-0.2, 0) is 9.59 Å². The minimum atomic E-state index is 0.0942. The van der Waals surface area contributed by atoms with Gasteiger partial charge >= 0.3 is 0 Å². The topological polar surface area (TPSA) is 40.6 Å². The zero-order chi connectivity index (χ0) is 16.3. The second-order valence-corrected chi connectivity index (χ2v) is 7.57. The van der Waals surface area contributed by atoms with Gasteiger partial charge in [-0.2, -0.15) is 0 Å². The van der Waals surface area contributed by atoms with E-state index in [1.807, 2.05) is 4.90 Å². The Bertz CT molecular complexity index is 448. The highest BCUT2D eigenvalue weighted by Crippen LogP contribution is 2.44. The molecule has 2 atom stereocenters. The maximum absolute atomic E-state index is 12.4. The van der Waals surface area contributed by atoms with Crippen molar-refractivity contribution in [3.63, 3.8) is 0 Å². The van der Waals surface area contributed by atoms with Crippen LogP contribution in [0.25, 0.3) is 0 Å². The number of carbonyl (C=O) groups is 2. The van der Waals surface area contributed by atoms with Gasteiger partial charge < -0.3 is 9.80 Å². The maximum atomic E-state index is 12.4. The molecule has 0 aromatic heterocycles. The van der Waals surface area contributed by atoms with Gasteiger partial charge in [0.25, 0.3) is 0 Å². The molecule has 2 rings (SSSR count). The van der Waals surface area contributed by atoms with E-state index in [1.165, 1.54) is 19.3 Å². The molecule has 4 nitrogen and oxygen atoms in total. The molecule has 0 aromatic rings. The number of amides is 2. The molecule has 1 heterocycles. The monoisotopic (exact) mass is 306 g/mol. The lowest BCUT2D eigenvalue weighted by Gasteiger charge is -2.41. The lowest BCUT2D eigenvalue weighted by molar-refractivity contribution is -0.135. The first-order chi connectivity index (χ1) is 10.3. The summed E-state index contributed by atoms with van der Waals surface area (Å²) in [6.45, 7) is 11.1. The molecule has 0 N–H and O–H groups in total. The van der Waals surface area contributed by atoms with Crippen molar-refractivity contribution in [2.75, 3.05) is 26.2 Å². The van der Waals surface area contributed by atoms with Crippen LogP contribution in [0.1, 0.15) is 47.0 Å². The SMILES string of the molecule is CC(=O)N1CCN(C(=O)/C=C/C2C(C)CCCC2(C)C)CC1. The highest BCUT2D eigenvalue weighted by atomic mass is 16.2. The van der Waals surface area contributed by atoms with Gasteiger partial charge in [-0.05, 0) is 29.7 Å². The number of carbonyl (C=O) groups excluding carboxylic acids is 2. The van der Waals surface area contributed by atoms with E-state index < -0.39 is 0 Å². The van der Waals surface area contributed by atoms with Crippen molar-refractivity contribution in [3.05, 3.63) is 12.2 Å². The molecular weight excluding hydrogens is 276 g/mol. The van der Waals surface area contributed by atoms with Gasteiger partial charge in [0.05, 0.1) is 0 Å². The van der Waals surface area contributed by atoms with Crippen LogP contribution < -0.4 is 0 Å². The molecule has 1 saturated heterocycles. The fourth-order valence-electron chi connectivity index (χ4n) is 3.98. The molecule has 2 amide bonds. The summed E-state index contributed by atoms with van der Waals surface area (Å²) in [4.78, 5) is 27.4. The van der Waals surface area contributed by atoms with E-state index in [9.17, 15) is 9.59 Å². The van der Waals surface area contributed by atoms with E-state index in [4.69, 9.17) is 0 Å². The van der Waals surface area contributed by atoms with Crippen LogP contribution >= 0.6 is 0 Å². The van der Waals surface area contributed by atoms with Crippen molar-refractivity contribution in [3.8, 4) is 0 Å². The second-order valence-electron chi connectivity index (χ2n) is 7.57. The Morgan fingerprint density at radius 1 is 1.09 bits per heavy atom. The van der Waals surface area contributed by atoms with E-state index in [2.05, 4.69) is 26.8 Å². The summed E-state index contributed by atoms with van der Waals surface area (Å²) in [7, 11) is 0. The lowest BCUT2D eigenvalue weighted by Crippen LogP contribution is -2.49. The Morgan fingerprint density at radius 3 is 2.23 bits per heavy atom. The predicted molar refractivity (Wildman–Crippen MR) is 88.3 cm³/mol. The van der Waals surface area contributed by atoms with Crippen LogP contribution in [0.3, 0.4) is 0 Å². The zero-order valence-electron chi connectivity index (χ0n) is 14.5. The Labute approximate surface area is 134 Å². The quantitative estimate of drug-likeness (QED) is 0.736. The third-order valence-corrected chi connectivity index (χ3v) is 5.48. The number of hydrogen-bond acceptors (Lipinski definition) is 2. The second kappa shape index (κ2) is 6.84. The lowest BCUT2D eigenvalue weighted by atomic mass is 9.64. The summed E-state index contributed by atoms with van der Waals surface area (Å²) in [5, 5.41) is 0. The third kappa shape index (κ3) is 3.90. The smallest absolute Gasteiger partial charge is 0.246 e. The summed E-state index contributed by atoms with van der Waals surface area (Å²) >= 11 is 0. The molecule has 0 aromatic carbocycles. The standard InChI is InChI=1S/C18H30N2O2/c1-14-6-5-9-18(3,4)16(14)7-8-17(22)20-12-10-19(11-13-20)15(2)21/h7-8,14,16H,5-6,9-13H2,1-4H3/b8-7+. The van der Waals surface area contributed by atoms with Gasteiger partial charge in [-0.3, -0.25) is 9.59 Å². The Balaban J connectivity index is 1.92. The van der Waals surface area contributed by atoms with Gasteiger partial charge in [0, 0.05) is 33.1 Å². The molecule has 0 spiro atoms. The number of nitrogens with zero attached hydrogens (tertiary/aromatic N) is 2. The van der Waals surface area contributed by atoms with Crippen molar-refractivity contribution in [1.29, 1.82) is 0 Å². The first-order valence-corrected chi connectivity index (χ1v) is 8.54. The van der Waals surface area contributed by atoms with E-state index in [1.54, 1.807) is 17.9 Å². The molecule has 22 heavy (non-hydrogen) atoms. The van der Waals surface area contributed by atoms with Gasteiger partial charge in [0.15, 0.2) is 0 Å². The van der Waals surface area contributed by atoms with E-state index in [0.717, 1.165) is 0 Å². The summed E-state index contributed by atoms with van der Waals surface area (Å²) in [6.07, 6.45) is 7.70. The number of piperazine rings is 1. The predicted octanol–water partition coefficient (Wildman–Crippen LogP) is 2.70. The first kappa shape index (κ1) is 17.0. The molecule has 1 aliphatic carbocycles. The normalized spacial score (nSPS) is 28.9. The number of rotatable bonds is 2. The van der Waals surface area contributed by atoms with Gasteiger partial charge in [-0.15, -0.1) is 0 Å². The molecule has 1 saturated carbocycles. The Kier molecular flexibility index (Phi) is 5.30. The average Bonchev–Trinajstić information content (AvgIpc) is 2.46. The Morgan fingerprint density at radius 2 is 1.68 bits per heavy atom. The fraction of sp³-hybridized carbons (Fsp3) is 0.778. The van der Waals surface area contributed by atoms with Crippen LogP contribution in [0.5, 0.6) is 0 Å². The van der Waals surface area contributed by atoms with E-state index >= 15 is 0 Å². The highest BCUT2D eigenvalue weighted by Gasteiger charge is 2.35. The van der Waals surface area contributed by atoms with Crippen LogP contribution in [0.4, 0.5) is 0 Å². The van der Waals surface area contributed by atoms with Gasteiger partial charge in [0.1, 0.15) is 0 Å². The summed E-state index contributed by atoms with van der Waals surface area (Å²) in [6, 6.07) is 0. The minimum absolute atomic E-state index is 0.0942. The highest BCUT2D eigenvalue weighted by molar-refractivity contribution is 5.88. The average molecular weight is 306 g/mol. The van der Waals surface area contributed by atoms with Crippen LogP contribution in [0.15, 0.2) is 12.2 Å². The molecule has 0 radical (unpaired) electrons. The molecule has 2 unspecified atom stereocenters. The van der Waals surface area contributed by atoms with Crippen molar-refractivity contribution in [2.45, 2.75) is 47.0 Å². The van der Waals surface area contributed by atoms with Gasteiger partial charge in [-0.25, -0.2) is 0 Å². The summed E-state index contributed by atoms with van der Waals surface area (Å²) in [5.41, 5.74) is 0.280. The molecular formula is C18H30N2O2. The van der Waals surface area contributed by atoms with Crippen molar-refractivity contribution in [2.24, 2.45) is 17.3 Å². The van der Waals surface area contributed by atoms with Crippen molar-refractivity contribution >= 4 is 11.8 Å². The molecule has 1 aliphatic heterocycles. The fourth-order valence-corrected chi connectivity index (χ4v) is 3.98. The molecule has 124 valence electrons. The number of allylic oxidation sites excluding steroid dienone is 1. The third-order valence-electron chi connectivity index (χ3n) is 5.48. The van der Waals surface area contributed by atoms with Crippen LogP contribution in [0, 0.1) is 17.3 Å². The van der Waals surface area contributed by atoms with Crippen molar-refractivity contribution < 1.29 is 9.59 Å². The number of hydrogen-bond donors (Lipinski definition) is 0. The van der Waals surface area contributed by atoms with Crippen LogP contribution in [-0.4, -0.2) is 47.8 Å². The Hall–Kier alpha value is -1.32. The molecule has 2 aliphatic rings. The molecule has 0 bridgehead atoms. The van der Waals surface area contributed by atoms with E-state index in [-0.39, 0.29) is 17.2 Å². The van der Waals surface area contributed by atoms with Crippen molar-refractivity contribution in [1.82, 2.24) is 9.80 Å². The first-order valence-electron chi connectivity index (χ1n) is 8.54. The molecule has 4 heteroatoms. The maximum Gasteiger partial charge on any atom is 0.246 e.